The summed E-state index contributed by atoms with van der Waals surface area (Å²) < 4.78 is 34.5. The molecular weight excluding hydrogens is 422 g/mol. The van der Waals surface area contributed by atoms with E-state index in [2.05, 4.69) is 4.72 Å². The summed E-state index contributed by atoms with van der Waals surface area (Å²) >= 11 is 6.96. The minimum absolute atomic E-state index is 0.123. The van der Waals surface area contributed by atoms with E-state index in [0.717, 1.165) is 42.6 Å². The Labute approximate surface area is 172 Å². The molecule has 2 aliphatic rings. The predicted molar refractivity (Wildman–Crippen MR) is 107 cm³/mol. The van der Waals surface area contributed by atoms with Crippen LogP contribution in [0.5, 0.6) is 5.75 Å². The van der Waals surface area contributed by atoms with Crippen LogP contribution in [0.4, 0.5) is 0 Å². The van der Waals surface area contributed by atoms with E-state index in [4.69, 9.17) is 21.4 Å². The van der Waals surface area contributed by atoms with Crippen LogP contribution >= 0.6 is 22.9 Å². The lowest BCUT2D eigenvalue weighted by atomic mass is 9.93. The molecule has 1 saturated carbocycles. The van der Waals surface area contributed by atoms with E-state index in [1.54, 1.807) is 12.1 Å². The number of ether oxygens (including phenoxy) is 1. The molecule has 1 aromatic heterocycles. The molecule has 2 bridgehead atoms. The van der Waals surface area contributed by atoms with Crippen molar-refractivity contribution in [3.8, 4) is 5.75 Å². The number of hydrogen-bond acceptors (Lipinski definition) is 5. The van der Waals surface area contributed by atoms with Crippen LogP contribution < -0.4 is 9.46 Å². The highest BCUT2D eigenvalue weighted by Crippen LogP contribution is 2.41. The highest BCUT2D eigenvalue weighted by atomic mass is 35.5. The van der Waals surface area contributed by atoms with Crippen molar-refractivity contribution >= 4 is 38.9 Å². The fraction of sp³-hybridized carbons (Fsp3) is 0.421. The molecule has 1 fully saturated rings. The van der Waals surface area contributed by atoms with Crippen molar-refractivity contribution in [2.24, 2.45) is 11.8 Å². The second-order valence-electron chi connectivity index (χ2n) is 7.32. The summed E-state index contributed by atoms with van der Waals surface area (Å²) in [7, 11) is -3.60. The van der Waals surface area contributed by atoms with E-state index in [9.17, 15) is 13.2 Å². The molecule has 9 heteroatoms. The second kappa shape index (κ2) is 7.67. The minimum Gasteiger partial charge on any atom is -0.482 e. The number of hydrogen-bond donors (Lipinski definition) is 2. The molecule has 0 amide bonds. The molecule has 3 unspecified atom stereocenters. The molecule has 4 rings (SSSR count). The monoisotopic (exact) mass is 441 g/mol. The molecule has 1 aromatic carbocycles. The van der Waals surface area contributed by atoms with Crippen molar-refractivity contribution in [2.75, 3.05) is 6.61 Å². The largest absolute Gasteiger partial charge is 0.482 e. The molecule has 150 valence electrons. The van der Waals surface area contributed by atoms with Gasteiger partial charge in [-0.3, -0.25) is 0 Å². The van der Waals surface area contributed by atoms with Gasteiger partial charge in [-0.2, -0.15) is 0 Å². The third-order valence-corrected chi connectivity index (χ3v) is 8.72. The predicted octanol–water partition coefficient (Wildman–Crippen LogP) is 3.34. The number of thiophene rings is 1. The van der Waals surface area contributed by atoms with Crippen LogP contribution in [0.1, 0.15) is 24.0 Å². The molecule has 0 aliphatic heterocycles. The van der Waals surface area contributed by atoms with E-state index >= 15 is 0 Å². The quantitative estimate of drug-likeness (QED) is 0.717. The zero-order valence-corrected chi connectivity index (χ0v) is 17.3. The van der Waals surface area contributed by atoms with Gasteiger partial charge in [-0.05, 0) is 72.9 Å². The molecule has 0 spiro atoms. The number of sulfonamides is 1. The Morgan fingerprint density at radius 3 is 2.54 bits per heavy atom. The van der Waals surface area contributed by atoms with Crippen molar-refractivity contribution < 1.29 is 23.1 Å². The van der Waals surface area contributed by atoms with Crippen molar-refractivity contribution in [2.45, 2.75) is 35.9 Å². The summed E-state index contributed by atoms with van der Waals surface area (Å²) in [5.74, 6) is -0.0464. The minimum atomic E-state index is -3.60. The Morgan fingerprint density at radius 1 is 1.18 bits per heavy atom. The van der Waals surface area contributed by atoms with Gasteiger partial charge in [-0.1, -0.05) is 17.7 Å². The smallest absolute Gasteiger partial charge is 0.341 e. The molecule has 0 radical (unpaired) electrons. The number of rotatable bonds is 6. The summed E-state index contributed by atoms with van der Waals surface area (Å²) in [6.45, 7) is -0.378. The van der Waals surface area contributed by atoms with Crippen LogP contribution in [0, 0.1) is 11.8 Å². The van der Waals surface area contributed by atoms with Crippen molar-refractivity contribution in [1.82, 2.24) is 4.72 Å². The number of halogens is 1. The average Bonchev–Trinajstić information content (AvgIpc) is 3.17. The zero-order chi connectivity index (χ0) is 19.9. The Balaban J connectivity index is 1.54. The topological polar surface area (TPSA) is 92.7 Å². The number of nitrogens with one attached hydrogen (secondary N) is 1. The molecule has 0 saturated heterocycles. The van der Waals surface area contributed by atoms with Gasteiger partial charge in [0.25, 0.3) is 0 Å². The van der Waals surface area contributed by atoms with Crippen molar-refractivity contribution in [3.05, 3.63) is 45.8 Å². The van der Waals surface area contributed by atoms with Crippen LogP contribution in [0.3, 0.4) is 0 Å². The van der Waals surface area contributed by atoms with Crippen LogP contribution in [-0.2, 0) is 27.7 Å². The first-order chi connectivity index (χ1) is 13.3. The number of carbonyl (C=O) groups is 1. The fourth-order valence-electron chi connectivity index (χ4n) is 4.29. The lowest BCUT2D eigenvalue weighted by Gasteiger charge is -2.23. The molecular formula is C19H20ClNO5S2. The Hall–Kier alpha value is -1.61. The summed E-state index contributed by atoms with van der Waals surface area (Å²) in [5, 5.41) is 8.78. The first-order valence-corrected chi connectivity index (χ1v) is 11.7. The first kappa shape index (κ1) is 19.7. The standard InChI is InChI=1S/C19H20ClNO5S2/c20-16-5-6-18(27-16)28(24,25)21-19-12-1-2-13(19)8-14-9-15(26-10-17(22)23)4-3-11(14)7-12/h3-6,9,12-13,19,21H,1-2,7-8,10H2,(H,22,23). The van der Waals surface area contributed by atoms with Crippen molar-refractivity contribution in [3.63, 3.8) is 0 Å². The number of carboxylic acid groups (broad SMARTS) is 1. The zero-order valence-electron chi connectivity index (χ0n) is 14.9. The van der Waals surface area contributed by atoms with Gasteiger partial charge in [0, 0.05) is 6.04 Å². The van der Waals surface area contributed by atoms with E-state index < -0.39 is 16.0 Å². The number of carboxylic acids is 1. The van der Waals surface area contributed by atoms with Gasteiger partial charge < -0.3 is 9.84 Å². The van der Waals surface area contributed by atoms with Gasteiger partial charge in [0.05, 0.1) is 4.34 Å². The number of benzene rings is 1. The van der Waals surface area contributed by atoms with Crippen LogP contribution in [0.2, 0.25) is 4.34 Å². The SMILES string of the molecule is O=C(O)COc1ccc2c(c1)CC1CCC(C2)C1NS(=O)(=O)c1ccc(Cl)s1. The maximum Gasteiger partial charge on any atom is 0.341 e. The van der Waals surface area contributed by atoms with Crippen LogP contribution in [0.25, 0.3) is 0 Å². The molecule has 2 aliphatic carbocycles. The van der Waals surface area contributed by atoms with Gasteiger partial charge in [0.15, 0.2) is 6.61 Å². The van der Waals surface area contributed by atoms with E-state index in [-0.39, 0.29) is 28.7 Å². The molecule has 3 atom stereocenters. The maximum atomic E-state index is 12.8. The average molecular weight is 442 g/mol. The Kier molecular flexibility index (Phi) is 5.39. The summed E-state index contributed by atoms with van der Waals surface area (Å²) in [5.41, 5.74) is 2.29. The lowest BCUT2D eigenvalue weighted by Crippen LogP contribution is -2.41. The lowest BCUT2D eigenvalue weighted by molar-refractivity contribution is -0.139. The van der Waals surface area contributed by atoms with Gasteiger partial charge in [-0.25, -0.2) is 17.9 Å². The summed E-state index contributed by atoms with van der Waals surface area (Å²) in [6, 6.07) is 8.66. The van der Waals surface area contributed by atoms with Crippen LogP contribution in [-0.4, -0.2) is 32.1 Å². The molecule has 2 N–H and O–H groups in total. The van der Waals surface area contributed by atoms with Crippen LogP contribution in [0.15, 0.2) is 34.5 Å². The molecule has 1 heterocycles. The fourth-order valence-corrected chi connectivity index (χ4v) is 7.17. The van der Waals surface area contributed by atoms with Crippen molar-refractivity contribution in [1.29, 1.82) is 0 Å². The van der Waals surface area contributed by atoms with Gasteiger partial charge in [-0.15, -0.1) is 11.3 Å². The van der Waals surface area contributed by atoms with Gasteiger partial charge in [0.2, 0.25) is 10.0 Å². The maximum absolute atomic E-state index is 12.8. The van der Waals surface area contributed by atoms with E-state index in [0.29, 0.717) is 10.1 Å². The Bertz CT molecular complexity index is 1000. The molecule has 28 heavy (non-hydrogen) atoms. The third-order valence-electron chi connectivity index (χ3n) is 5.53. The normalized spacial score (nSPS) is 23.8. The summed E-state index contributed by atoms with van der Waals surface area (Å²) in [4.78, 5) is 10.7. The summed E-state index contributed by atoms with van der Waals surface area (Å²) in [6.07, 6.45) is 3.49. The third kappa shape index (κ3) is 4.05. The van der Waals surface area contributed by atoms with E-state index in [1.807, 2.05) is 12.1 Å². The number of fused-ring (bicyclic) bond motifs is 3. The Morgan fingerprint density at radius 2 is 1.89 bits per heavy atom. The molecule has 6 nitrogen and oxygen atoms in total. The van der Waals surface area contributed by atoms with Gasteiger partial charge in [0.1, 0.15) is 9.96 Å². The highest BCUT2D eigenvalue weighted by molar-refractivity contribution is 7.91. The molecule has 2 aromatic rings. The first-order valence-electron chi connectivity index (χ1n) is 9.06. The number of aliphatic carboxylic acids is 1. The second-order valence-corrected chi connectivity index (χ2v) is 11.0. The van der Waals surface area contributed by atoms with E-state index in [1.165, 1.54) is 11.6 Å². The highest BCUT2D eigenvalue weighted by Gasteiger charge is 2.41. The van der Waals surface area contributed by atoms with Gasteiger partial charge >= 0.3 is 5.97 Å².